The second-order valence-corrected chi connectivity index (χ2v) is 6.75. The van der Waals surface area contributed by atoms with Gasteiger partial charge in [-0.2, -0.15) is 4.98 Å². The number of esters is 1. The fraction of sp³-hybridized carbons (Fsp3) is 0.500. The number of aromatic nitrogens is 2. The fourth-order valence-electron chi connectivity index (χ4n) is 1.90. The highest BCUT2D eigenvalue weighted by molar-refractivity contribution is 5.69. The Hall–Kier alpha value is -2.37. The van der Waals surface area contributed by atoms with E-state index in [1.807, 2.05) is 52.0 Å². The predicted octanol–water partition coefficient (Wildman–Crippen LogP) is 3.75. The van der Waals surface area contributed by atoms with Crippen LogP contribution in [0.25, 0.3) is 0 Å². The van der Waals surface area contributed by atoms with Gasteiger partial charge in [0, 0.05) is 5.41 Å². The van der Waals surface area contributed by atoms with Crippen molar-refractivity contribution in [1.82, 2.24) is 10.1 Å². The summed E-state index contributed by atoms with van der Waals surface area (Å²) in [7, 11) is 0. The maximum absolute atomic E-state index is 11.9. The zero-order valence-electron chi connectivity index (χ0n) is 14.8. The summed E-state index contributed by atoms with van der Waals surface area (Å²) in [5.74, 6) is 1.24. The van der Waals surface area contributed by atoms with Gasteiger partial charge in [-0.3, -0.25) is 4.79 Å². The number of benzene rings is 1. The summed E-state index contributed by atoms with van der Waals surface area (Å²) in [6.07, 6.45) is -0.432. The van der Waals surface area contributed by atoms with Crippen molar-refractivity contribution < 1.29 is 18.8 Å². The van der Waals surface area contributed by atoms with Gasteiger partial charge in [0.25, 0.3) is 5.89 Å². The molecule has 0 saturated carbocycles. The Morgan fingerprint density at radius 2 is 1.92 bits per heavy atom. The molecule has 0 aliphatic rings. The number of aryl methyl sites for hydroxylation is 1. The summed E-state index contributed by atoms with van der Waals surface area (Å²) in [6.45, 7) is 9.93. The Kier molecular flexibility index (Phi) is 5.59. The maximum atomic E-state index is 11.9. The average molecular weight is 332 g/mol. The van der Waals surface area contributed by atoms with E-state index in [1.165, 1.54) is 0 Å². The normalized spacial score (nSPS) is 12.7. The van der Waals surface area contributed by atoms with Gasteiger partial charge in [0.2, 0.25) is 0 Å². The summed E-state index contributed by atoms with van der Waals surface area (Å²) >= 11 is 0. The Balaban J connectivity index is 1.79. The topological polar surface area (TPSA) is 74.5 Å². The van der Waals surface area contributed by atoms with Gasteiger partial charge >= 0.3 is 5.97 Å². The fourth-order valence-corrected chi connectivity index (χ4v) is 1.90. The van der Waals surface area contributed by atoms with E-state index in [0.29, 0.717) is 11.7 Å². The molecule has 1 unspecified atom stereocenters. The third-order valence-corrected chi connectivity index (χ3v) is 3.36. The predicted molar refractivity (Wildman–Crippen MR) is 88.8 cm³/mol. The van der Waals surface area contributed by atoms with Gasteiger partial charge in [0.15, 0.2) is 11.9 Å². The molecule has 2 rings (SSSR count). The maximum Gasteiger partial charge on any atom is 0.310 e. The van der Waals surface area contributed by atoms with Crippen molar-refractivity contribution in [3.63, 3.8) is 0 Å². The molecule has 6 heteroatoms. The van der Waals surface area contributed by atoms with Crippen molar-refractivity contribution in [2.24, 2.45) is 0 Å². The molecular weight excluding hydrogens is 308 g/mol. The molecule has 0 saturated heterocycles. The van der Waals surface area contributed by atoms with E-state index in [0.717, 1.165) is 11.3 Å². The number of hydrogen-bond acceptors (Lipinski definition) is 6. The van der Waals surface area contributed by atoms with Crippen molar-refractivity contribution >= 4 is 5.97 Å². The van der Waals surface area contributed by atoms with Crippen molar-refractivity contribution in [2.75, 3.05) is 6.61 Å². The lowest BCUT2D eigenvalue weighted by molar-refractivity contribution is -0.150. The molecule has 6 nitrogen and oxygen atoms in total. The van der Waals surface area contributed by atoms with Crippen molar-refractivity contribution in [1.29, 1.82) is 0 Å². The molecule has 1 aromatic heterocycles. The minimum Gasteiger partial charge on any atom is -0.493 e. The number of carbonyl (C=O) groups is 1. The highest BCUT2D eigenvalue weighted by Gasteiger charge is 2.24. The van der Waals surface area contributed by atoms with Crippen LogP contribution < -0.4 is 4.74 Å². The third-order valence-electron chi connectivity index (χ3n) is 3.36. The molecule has 1 heterocycles. The van der Waals surface area contributed by atoms with Crippen LogP contribution in [-0.4, -0.2) is 22.7 Å². The average Bonchev–Trinajstić information content (AvgIpc) is 2.99. The van der Waals surface area contributed by atoms with Crippen LogP contribution in [0.4, 0.5) is 0 Å². The molecule has 0 aliphatic carbocycles. The number of rotatable bonds is 6. The van der Waals surface area contributed by atoms with Gasteiger partial charge in [-0.1, -0.05) is 43.6 Å². The second kappa shape index (κ2) is 7.47. The van der Waals surface area contributed by atoms with Crippen LogP contribution >= 0.6 is 0 Å². The Labute approximate surface area is 142 Å². The zero-order chi connectivity index (χ0) is 17.7. The molecule has 2 aromatic rings. The van der Waals surface area contributed by atoms with Crippen LogP contribution in [0.15, 0.2) is 28.8 Å². The monoisotopic (exact) mass is 332 g/mol. The first-order chi connectivity index (χ1) is 11.3. The third kappa shape index (κ3) is 5.08. The van der Waals surface area contributed by atoms with Crippen molar-refractivity contribution in [2.45, 2.75) is 52.6 Å². The molecule has 0 spiro atoms. The van der Waals surface area contributed by atoms with Gasteiger partial charge in [-0.05, 0) is 26.0 Å². The van der Waals surface area contributed by atoms with E-state index < -0.39 is 6.10 Å². The number of hydrogen-bond donors (Lipinski definition) is 0. The Morgan fingerprint density at radius 1 is 1.25 bits per heavy atom. The standard InChI is InChI=1S/C18H24N2O4/c1-12-6-8-14(9-7-12)22-11-10-15(21)23-13(2)16-19-17(20-24-16)18(3,4)5/h6-9,13H,10-11H2,1-5H3. The smallest absolute Gasteiger partial charge is 0.310 e. The van der Waals surface area contributed by atoms with Crippen LogP contribution in [0, 0.1) is 6.92 Å². The van der Waals surface area contributed by atoms with Gasteiger partial charge in [-0.15, -0.1) is 0 Å². The molecule has 130 valence electrons. The molecular formula is C18H24N2O4. The van der Waals surface area contributed by atoms with Crippen LogP contribution in [0.2, 0.25) is 0 Å². The molecule has 0 N–H and O–H groups in total. The van der Waals surface area contributed by atoms with E-state index in [1.54, 1.807) is 6.92 Å². The second-order valence-electron chi connectivity index (χ2n) is 6.75. The highest BCUT2D eigenvalue weighted by Crippen LogP contribution is 2.22. The van der Waals surface area contributed by atoms with Crippen LogP contribution in [0.3, 0.4) is 0 Å². The van der Waals surface area contributed by atoms with E-state index in [-0.39, 0.29) is 24.4 Å². The first-order valence-electron chi connectivity index (χ1n) is 7.99. The van der Waals surface area contributed by atoms with Crippen LogP contribution in [0.1, 0.15) is 57.5 Å². The summed E-state index contributed by atoms with van der Waals surface area (Å²) in [5, 5.41) is 3.92. The molecule has 1 aromatic carbocycles. The Morgan fingerprint density at radius 3 is 2.50 bits per heavy atom. The van der Waals surface area contributed by atoms with E-state index in [9.17, 15) is 4.79 Å². The number of ether oxygens (including phenoxy) is 2. The molecule has 0 aliphatic heterocycles. The summed E-state index contributed by atoms with van der Waals surface area (Å²) in [4.78, 5) is 16.2. The van der Waals surface area contributed by atoms with E-state index in [2.05, 4.69) is 10.1 Å². The first-order valence-corrected chi connectivity index (χ1v) is 7.99. The highest BCUT2D eigenvalue weighted by atomic mass is 16.6. The van der Waals surface area contributed by atoms with Gasteiger partial charge < -0.3 is 14.0 Å². The SMILES string of the molecule is Cc1ccc(OCCC(=O)OC(C)c2nc(C(C)(C)C)no2)cc1. The van der Waals surface area contributed by atoms with Crippen LogP contribution in [-0.2, 0) is 14.9 Å². The van der Waals surface area contributed by atoms with E-state index >= 15 is 0 Å². The molecule has 0 fully saturated rings. The first kappa shape index (κ1) is 18.0. The zero-order valence-corrected chi connectivity index (χ0v) is 14.8. The molecule has 1 atom stereocenters. The molecule has 24 heavy (non-hydrogen) atoms. The molecule has 0 amide bonds. The number of carbonyl (C=O) groups excluding carboxylic acids is 1. The summed E-state index contributed by atoms with van der Waals surface area (Å²) in [5.41, 5.74) is 0.942. The molecule has 0 bridgehead atoms. The largest absolute Gasteiger partial charge is 0.493 e. The minimum atomic E-state index is -0.583. The van der Waals surface area contributed by atoms with Crippen molar-refractivity contribution in [3.8, 4) is 5.75 Å². The summed E-state index contributed by atoms with van der Waals surface area (Å²) in [6, 6.07) is 7.65. The van der Waals surface area contributed by atoms with Gasteiger partial charge in [0.1, 0.15) is 5.75 Å². The van der Waals surface area contributed by atoms with E-state index in [4.69, 9.17) is 14.0 Å². The van der Waals surface area contributed by atoms with Crippen LogP contribution in [0.5, 0.6) is 5.75 Å². The lowest BCUT2D eigenvalue weighted by Crippen LogP contribution is -2.15. The Bertz CT molecular complexity index is 671. The minimum absolute atomic E-state index is 0.151. The quantitative estimate of drug-likeness (QED) is 0.750. The van der Waals surface area contributed by atoms with Crippen molar-refractivity contribution in [3.05, 3.63) is 41.5 Å². The number of nitrogens with zero attached hydrogens (tertiary/aromatic N) is 2. The lowest BCUT2D eigenvalue weighted by atomic mass is 9.96. The van der Waals surface area contributed by atoms with Gasteiger partial charge in [0.05, 0.1) is 13.0 Å². The molecule has 0 radical (unpaired) electrons. The van der Waals surface area contributed by atoms with Gasteiger partial charge in [-0.25, -0.2) is 0 Å². The summed E-state index contributed by atoms with van der Waals surface area (Å²) < 4.78 is 16.0. The lowest BCUT2D eigenvalue weighted by Gasteiger charge is -2.12.